The van der Waals surface area contributed by atoms with Crippen LogP contribution >= 0.6 is 15.9 Å². The standard InChI is InChI=1S/C14H11BrF3N5/c1-8-6-11(19-7-9-2-4-10(15)5-3-9)23-13(20-8)21-12(22-23)14(16,17)18/h2-6,19H,7H2,1H3. The molecule has 0 unspecified atom stereocenters. The van der Waals surface area contributed by atoms with Crippen molar-refractivity contribution < 1.29 is 13.2 Å². The van der Waals surface area contributed by atoms with Crippen LogP contribution in [0.5, 0.6) is 0 Å². The monoisotopic (exact) mass is 385 g/mol. The van der Waals surface area contributed by atoms with Crippen molar-refractivity contribution in [3.8, 4) is 0 Å². The maximum absolute atomic E-state index is 12.8. The van der Waals surface area contributed by atoms with Crippen LogP contribution in [0, 0.1) is 6.92 Å². The molecule has 0 spiro atoms. The number of anilines is 1. The van der Waals surface area contributed by atoms with Gasteiger partial charge in [-0.15, -0.1) is 5.10 Å². The molecule has 120 valence electrons. The van der Waals surface area contributed by atoms with Gasteiger partial charge < -0.3 is 5.32 Å². The molecule has 9 heteroatoms. The highest BCUT2D eigenvalue weighted by Crippen LogP contribution is 2.27. The van der Waals surface area contributed by atoms with E-state index in [9.17, 15) is 13.2 Å². The third-order valence-corrected chi connectivity index (χ3v) is 3.61. The first-order chi connectivity index (χ1) is 10.8. The van der Waals surface area contributed by atoms with Crippen molar-refractivity contribution in [2.24, 2.45) is 0 Å². The van der Waals surface area contributed by atoms with Crippen LogP contribution in [0.15, 0.2) is 34.8 Å². The van der Waals surface area contributed by atoms with Gasteiger partial charge in [-0.25, -0.2) is 4.98 Å². The number of hydrogen-bond donors (Lipinski definition) is 1. The van der Waals surface area contributed by atoms with Gasteiger partial charge in [-0.3, -0.25) is 0 Å². The molecule has 2 aromatic heterocycles. The smallest absolute Gasteiger partial charge is 0.366 e. The highest BCUT2D eigenvalue weighted by molar-refractivity contribution is 9.10. The predicted molar refractivity (Wildman–Crippen MR) is 82.0 cm³/mol. The summed E-state index contributed by atoms with van der Waals surface area (Å²) in [5, 5.41) is 6.57. The molecule has 0 aliphatic carbocycles. The molecule has 0 amide bonds. The third-order valence-electron chi connectivity index (χ3n) is 3.08. The molecule has 0 saturated heterocycles. The number of rotatable bonds is 3. The third kappa shape index (κ3) is 3.44. The van der Waals surface area contributed by atoms with E-state index in [1.807, 2.05) is 24.3 Å². The van der Waals surface area contributed by atoms with Crippen molar-refractivity contribution in [2.75, 3.05) is 5.32 Å². The van der Waals surface area contributed by atoms with E-state index in [1.165, 1.54) is 0 Å². The van der Waals surface area contributed by atoms with Crippen LogP contribution in [0.4, 0.5) is 19.0 Å². The Balaban J connectivity index is 1.93. The van der Waals surface area contributed by atoms with Gasteiger partial charge in [-0.05, 0) is 24.6 Å². The van der Waals surface area contributed by atoms with Crippen LogP contribution in [0.2, 0.25) is 0 Å². The summed E-state index contributed by atoms with van der Waals surface area (Å²) in [6, 6.07) is 9.22. The Kier molecular flexibility index (Phi) is 3.97. The summed E-state index contributed by atoms with van der Waals surface area (Å²) in [6.07, 6.45) is -4.61. The quantitative estimate of drug-likeness (QED) is 0.744. The molecule has 0 saturated carbocycles. The maximum Gasteiger partial charge on any atom is 0.453 e. The zero-order valence-electron chi connectivity index (χ0n) is 11.9. The molecule has 0 radical (unpaired) electrons. The molecule has 0 aliphatic heterocycles. The van der Waals surface area contributed by atoms with Crippen molar-refractivity contribution in [1.82, 2.24) is 19.6 Å². The van der Waals surface area contributed by atoms with Crippen molar-refractivity contribution >= 4 is 27.5 Å². The summed E-state index contributed by atoms with van der Waals surface area (Å²) in [7, 11) is 0. The number of nitrogens with one attached hydrogen (secondary N) is 1. The van der Waals surface area contributed by atoms with Crippen LogP contribution in [-0.2, 0) is 12.7 Å². The SMILES string of the molecule is Cc1cc(NCc2ccc(Br)cc2)n2nc(C(F)(F)F)nc2n1. The fraction of sp³-hybridized carbons (Fsp3) is 0.214. The van der Waals surface area contributed by atoms with Crippen molar-refractivity contribution in [3.63, 3.8) is 0 Å². The molecular weight excluding hydrogens is 375 g/mol. The van der Waals surface area contributed by atoms with E-state index in [0.29, 0.717) is 18.1 Å². The van der Waals surface area contributed by atoms with Crippen molar-refractivity contribution in [3.05, 3.63) is 51.9 Å². The van der Waals surface area contributed by atoms with Gasteiger partial charge in [0.25, 0.3) is 11.6 Å². The van der Waals surface area contributed by atoms with Gasteiger partial charge in [0, 0.05) is 22.8 Å². The second-order valence-electron chi connectivity index (χ2n) is 4.91. The summed E-state index contributed by atoms with van der Waals surface area (Å²) in [4.78, 5) is 7.42. The zero-order valence-corrected chi connectivity index (χ0v) is 13.5. The Morgan fingerprint density at radius 2 is 1.87 bits per heavy atom. The van der Waals surface area contributed by atoms with Crippen molar-refractivity contribution in [1.29, 1.82) is 0 Å². The molecule has 1 N–H and O–H groups in total. The van der Waals surface area contributed by atoms with E-state index < -0.39 is 12.0 Å². The average molecular weight is 386 g/mol. The number of fused-ring (bicyclic) bond motifs is 1. The molecule has 0 aliphatic rings. The molecule has 0 atom stereocenters. The summed E-state index contributed by atoms with van der Waals surface area (Å²) in [6.45, 7) is 2.12. The van der Waals surface area contributed by atoms with Crippen LogP contribution in [-0.4, -0.2) is 19.6 Å². The number of aromatic nitrogens is 4. The lowest BCUT2D eigenvalue weighted by molar-refractivity contribution is -0.144. The topological polar surface area (TPSA) is 55.1 Å². The Bertz CT molecular complexity index is 842. The van der Waals surface area contributed by atoms with E-state index in [4.69, 9.17) is 0 Å². The second kappa shape index (κ2) is 5.80. The van der Waals surface area contributed by atoms with Crippen molar-refractivity contribution in [2.45, 2.75) is 19.6 Å². The van der Waals surface area contributed by atoms with Gasteiger partial charge in [0.1, 0.15) is 5.82 Å². The average Bonchev–Trinajstić information content (AvgIpc) is 2.90. The first-order valence-corrected chi connectivity index (χ1v) is 7.42. The van der Waals surface area contributed by atoms with E-state index in [-0.39, 0.29) is 5.78 Å². The first-order valence-electron chi connectivity index (χ1n) is 6.63. The Labute approximate surface area is 137 Å². The van der Waals surface area contributed by atoms with E-state index in [2.05, 4.69) is 36.3 Å². The molecule has 3 aromatic rings. The van der Waals surface area contributed by atoms with Crippen LogP contribution < -0.4 is 5.32 Å². The van der Waals surface area contributed by atoms with Gasteiger partial charge in [-0.2, -0.15) is 22.7 Å². The minimum atomic E-state index is -4.61. The molecule has 0 bridgehead atoms. The van der Waals surface area contributed by atoms with E-state index in [0.717, 1.165) is 14.6 Å². The summed E-state index contributed by atoms with van der Waals surface area (Å²) < 4.78 is 40.3. The van der Waals surface area contributed by atoms with Gasteiger partial charge in [0.2, 0.25) is 0 Å². The number of hydrogen-bond acceptors (Lipinski definition) is 4. The predicted octanol–water partition coefficient (Wildman–Crippen LogP) is 3.83. The zero-order chi connectivity index (χ0) is 16.6. The van der Waals surface area contributed by atoms with Crippen LogP contribution in [0.1, 0.15) is 17.1 Å². The molecule has 2 heterocycles. The number of alkyl halides is 3. The normalized spacial score (nSPS) is 11.9. The number of halogens is 4. The lowest BCUT2D eigenvalue weighted by atomic mass is 10.2. The van der Waals surface area contributed by atoms with Gasteiger partial charge >= 0.3 is 6.18 Å². The molecule has 0 fully saturated rings. The largest absolute Gasteiger partial charge is 0.453 e. The number of aryl methyl sites for hydroxylation is 1. The molecule has 23 heavy (non-hydrogen) atoms. The fourth-order valence-corrected chi connectivity index (χ4v) is 2.29. The van der Waals surface area contributed by atoms with Gasteiger partial charge in [-0.1, -0.05) is 28.1 Å². The molecule has 3 rings (SSSR count). The number of nitrogens with zero attached hydrogens (tertiary/aromatic N) is 4. The highest BCUT2D eigenvalue weighted by atomic mass is 79.9. The van der Waals surface area contributed by atoms with E-state index >= 15 is 0 Å². The lowest BCUT2D eigenvalue weighted by Gasteiger charge is -2.08. The van der Waals surface area contributed by atoms with Crippen LogP contribution in [0.3, 0.4) is 0 Å². The summed E-state index contributed by atoms with van der Waals surface area (Å²) >= 11 is 3.35. The van der Waals surface area contributed by atoms with Gasteiger partial charge in [0.05, 0.1) is 0 Å². The lowest BCUT2D eigenvalue weighted by Crippen LogP contribution is -2.09. The first kappa shape index (κ1) is 15.7. The highest BCUT2D eigenvalue weighted by Gasteiger charge is 2.36. The second-order valence-corrected chi connectivity index (χ2v) is 5.82. The number of benzene rings is 1. The Hall–Kier alpha value is -2.16. The minimum absolute atomic E-state index is 0.0874. The molecule has 1 aromatic carbocycles. The Morgan fingerprint density at radius 3 is 2.52 bits per heavy atom. The Morgan fingerprint density at radius 1 is 1.17 bits per heavy atom. The minimum Gasteiger partial charge on any atom is -0.366 e. The summed E-state index contributed by atoms with van der Waals surface area (Å²) in [5.74, 6) is -0.892. The maximum atomic E-state index is 12.8. The molecule has 5 nitrogen and oxygen atoms in total. The fourth-order valence-electron chi connectivity index (χ4n) is 2.03. The van der Waals surface area contributed by atoms with Crippen LogP contribution in [0.25, 0.3) is 5.78 Å². The summed E-state index contributed by atoms with van der Waals surface area (Å²) in [5.41, 5.74) is 1.53. The molecular formula is C14H11BrF3N5. The van der Waals surface area contributed by atoms with E-state index in [1.54, 1.807) is 13.0 Å². The van der Waals surface area contributed by atoms with Gasteiger partial charge in [0.15, 0.2) is 0 Å².